The third-order valence-corrected chi connectivity index (χ3v) is 5.30. The van der Waals surface area contributed by atoms with E-state index >= 15 is 0 Å². The summed E-state index contributed by atoms with van der Waals surface area (Å²) in [4.78, 5) is 18.8. The Kier molecular flexibility index (Phi) is 4.96. The van der Waals surface area contributed by atoms with Crippen LogP contribution in [0.4, 0.5) is 0 Å². The molecule has 0 radical (unpaired) electrons. The molecule has 0 unspecified atom stereocenters. The van der Waals surface area contributed by atoms with Crippen molar-refractivity contribution < 1.29 is 4.79 Å². The number of amides is 1. The number of hydrogen-bond acceptors (Lipinski definition) is 3. The predicted molar refractivity (Wildman–Crippen MR) is 94.0 cm³/mol. The van der Waals surface area contributed by atoms with Crippen molar-refractivity contribution in [2.75, 3.05) is 13.6 Å². The van der Waals surface area contributed by atoms with Gasteiger partial charge >= 0.3 is 0 Å². The molecule has 0 aliphatic carbocycles. The van der Waals surface area contributed by atoms with E-state index in [2.05, 4.69) is 21.3 Å². The molecule has 0 bridgehead atoms. The van der Waals surface area contributed by atoms with Gasteiger partial charge in [-0.05, 0) is 31.5 Å². The zero-order valence-electron chi connectivity index (χ0n) is 14.4. The van der Waals surface area contributed by atoms with E-state index in [4.69, 9.17) is 11.6 Å². The van der Waals surface area contributed by atoms with Crippen molar-refractivity contribution in [1.29, 1.82) is 0 Å². The molecular formula is C17H24ClN5O. The molecule has 0 aromatic carbocycles. The van der Waals surface area contributed by atoms with E-state index in [1.165, 1.54) is 18.5 Å². The van der Waals surface area contributed by atoms with Crippen LogP contribution >= 0.6 is 11.6 Å². The Bertz CT molecular complexity index is 735. The molecule has 7 heteroatoms. The SMILES string of the molecule is CNC(=O)c1ccc([C@@H]2CCCCN2Cc2ncc(Cl)n2C)n1C. The van der Waals surface area contributed by atoms with Crippen LogP contribution in [0.2, 0.25) is 5.15 Å². The quantitative estimate of drug-likeness (QED) is 0.922. The van der Waals surface area contributed by atoms with E-state index in [0.717, 1.165) is 25.3 Å². The van der Waals surface area contributed by atoms with Crippen LogP contribution in [0.1, 0.15) is 47.3 Å². The number of rotatable bonds is 4. The van der Waals surface area contributed by atoms with E-state index in [1.807, 2.05) is 29.3 Å². The Labute approximate surface area is 147 Å². The van der Waals surface area contributed by atoms with Crippen molar-refractivity contribution in [3.63, 3.8) is 0 Å². The van der Waals surface area contributed by atoms with Crippen molar-refractivity contribution in [2.45, 2.75) is 31.8 Å². The number of imidazole rings is 1. The van der Waals surface area contributed by atoms with Crippen LogP contribution < -0.4 is 5.32 Å². The first-order valence-electron chi connectivity index (χ1n) is 8.30. The van der Waals surface area contributed by atoms with E-state index in [1.54, 1.807) is 13.2 Å². The van der Waals surface area contributed by atoms with Crippen molar-refractivity contribution >= 4 is 17.5 Å². The van der Waals surface area contributed by atoms with Gasteiger partial charge in [0.25, 0.3) is 5.91 Å². The number of nitrogens with zero attached hydrogens (tertiary/aromatic N) is 4. The molecule has 6 nitrogen and oxygen atoms in total. The maximum absolute atomic E-state index is 12.0. The lowest BCUT2D eigenvalue weighted by molar-refractivity contribution is 0.0952. The van der Waals surface area contributed by atoms with Crippen molar-refractivity contribution in [1.82, 2.24) is 24.3 Å². The van der Waals surface area contributed by atoms with E-state index in [-0.39, 0.29) is 11.9 Å². The van der Waals surface area contributed by atoms with Crippen LogP contribution in [0.25, 0.3) is 0 Å². The fourth-order valence-electron chi connectivity index (χ4n) is 3.49. The van der Waals surface area contributed by atoms with Crippen molar-refractivity contribution in [2.24, 2.45) is 14.1 Å². The monoisotopic (exact) mass is 349 g/mol. The molecule has 24 heavy (non-hydrogen) atoms. The average Bonchev–Trinajstić information content (AvgIpc) is 3.12. The highest BCUT2D eigenvalue weighted by Gasteiger charge is 2.28. The van der Waals surface area contributed by atoms with Gasteiger partial charge in [-0.15, -0.1) is 0 Å². The normalized spacial score (nSPS) is 18.8. The molecule has 2 aromatic heterocycles. The second-order valence-electron chi connectivity index (χ2n) is 6.32. The summed E-state index contributed by atoms with van der Waals surface area (Å²) in [5.41, 5.74) is 1.87. The van der Waals surface area contributed by atoms with Crippen LogP contribution in [-0.4, -0.2) is 38.5 Å². The molecule has 0 spiro atoms. The van der Waals surface area contributed by atoms with Gasteiger partial charge in [0, 0.05) is 26.8 Å². The number of carbonyl (C=O) groups excluding carboxylic acids is 1. The summed E-state index contributed by atoms with van der Waals surface area (Å²) in [6.07, 6.45) is 5.16. The molecule has 0 saturated carbocycles. The minimum Gasteiger partial charge on any atom is -0.354 e. The van der Waals surface area contributed by atoms with Crippen LogP contribution in [0.3, 0.4) is 0 Å². The number of likely N-dealkylation sites (tertiary alicyclic amines) is 1. The third kappa shape index (κ3) is 3.08. The van der Waals surface area contributed by atoms with E-state index in [0.29, 0.717) is 10.8 Å². The molecule has 1 atom stereocenters. The summed E-state index contributed by atoms with van der Waals surface area (Å²) in [6.45, 7) is 1.78. The van der Waals surface area contributed by atoms with Gasteiger partial charge in [-0.25, -0.2) is 4.98 Å². The number of carbonyl (C=O) groups is 1. The maximum Gasteiger partial charge on any atom is 0.267 e. The summed E-state index contributed by atoms with van der Waals surface area (Å²) >= 11 is 6.11. The lowest BCUT2D eigenvalue weighted by Crippen LogP contribution is -2.35. The fourth-order valence-corrected chi connectivity index (χ4v) is 3.63. The van der Waals surface area contributed by atoms with E-state index < -0.39 is 0 Å². The first kappa shape index (κ1) is 17.0. The topological polar surface area (TPSA) is 55.1 Å². The lowest BCUT2D eigenvalue weighted by Gasteiger charge is -2.35. The summed E-state index contributed by atoms with van der Waals surface area (Å²) < 4.78 is 3.93. The Morgan fingerprint density at radius 3 is 2.79 bits per heavy atom. The molecule has 130 valence electrons. The fraction of sp³-hybridized carbons (Fsp3) is 0.529. The summed E-state index contributed by atoms with van der Waals surface area (Å²) in [5, 5.41) is 3.35. The molecule has 1 fully saturated rings. The zero-order chi connectivity index (χ0) is 17.3. The Morgan fingerprint density at radius 2 is 2.12 bits per heavy atom. The molecule has 1 saturated heterocycles. The second kappa shape index (κ2) is 6.99. The number of halogens is 1. The molecule has 1 aliphatic rings. The van der Waals surface area contributed by atoms with Gasteiger partial charge in [0.2, 0.25) is 0 Å². The molecule has 3 heterocycles. The van der Waals surface area contributed by atoms with Gasteiger partial charge in [-0.3, -0.25) is 9.69 Å². The van der Waals surface area contributed by atoms with Crippen LogP contribution in [0.5, 0.6) is 0 Å². The Balaban J connectivity index is 1.86. The highest BCUT2D eigenvalue weighted by molar-refractivity contribution is 6.29. The smallest absolute Gasteiger partial charge is 0.267 e. The molecule has 3 rings (SSSR count). The van der Waals surface area contributed by atoms with Gasteiger partial charge in [0.15, 0.2) is 0 Å². The Hall–Kier alpha value is -1.79. The van der Waals surface area contributed by atoms with Crippen LogP contribution in [-0.2, 0) is 20.6 Å². The van der Waals surface area contributed by atoms with Gasteiger partial charge in [-0.1, -0.05) is 18.0 Å². The predicted octanol–water partition coefficient (Wildman–Crippen LogP) is 2.50. The van der Waals surface area contributed by atoms with Crippen molar-refractivity contribution in [3.05, 3.63) is 40.7 Å². The summed E-state index contributed by atoms with van der Waals surface area (Å²) in [5.74, 6) is 0.912. The van der Waals surface area contributed by atoms with Crippen molar-refractivity contribution in [3.8, 4) is 0 Å². The van der Waals surface area contributed by atoms with Gasteiger partial charge in [0.1, 0.15) is 16.7 Å². The highest BCUT2D eigenvalue weighted by atomic mass is 35.5. The number of nitrogens with one attached hydrogen (secondary N) is 1. The minimum absolute atomic E-state index is 0.0537. The molecule has 2 aromatic rings. The maximum atomic E-state index is 12.0. The first-order chi connectivity index (χ1) is 11.5. The van der Waals surface area contributed by atoms with Gasteiger partial charge in [0.05, 0.1) is 18.8 Å². The second-order valence-corrected chi connectivity index (χ2v) is 6.71. The standard InChI is InChI=1S/C17H24ClN5O/c1-19-17(24)14-8-7-12(21(14)2)13-6-4-5-9-23(13)11-16-20-10-15(18)22(16)3/h7-8,10,13H,4-6,9,11H2,1-3H3,(H,19,24)/t13-/m0/s1. The number of hydrogen-bond donors (Lipinski definition) is 1. The van der Waals surface area contributed by atoms with Crippen LogP contribution in [0.15, 0.2) is 18.3 Å². The summed E-state index contributed by atoms with van der Waals surface area (Å²) in [7, 11) is 5.56. The number of aromatic nitrogens is 3. The molecule has 1 amide bonds. The third-order valence-electron chi connectivity index (χ3n) is 4.95. The van der Waals surface area contributed by atoms with Crippen LogP contribution in [0, 0.1) is 0 Å². The zero-order valence-corrected chi connectivity index (χ0v) is 15.2. The summed E-state index contributed by atoms with van der Waals surface area (Å²) in [6, 6.07) is 4.26. The number of piperidine rings is 1. The first-order valence-corrected chi connectivity index (χ1v) is 8.68. The Morgan fingerprint density at radius 1 is 1.33 bits per heavy atom. The minimum atomic E-state index is -0.0537. The largest absolute Gasteiger partial charge is 0.354 e. The highest BCUT2D eigenvalue weighted by Crippen LogP contribution is 2.33. The van der Waals surface area contributed by atoms with E-state index in [9.17, 15) is 4.79 Å². The molecule has 1 aliphatic heterocycles. The average molecular weight is 350 g/mol. The molecular weight excluding hydrogens is 326 g/mol. The van der Waals surface area contributed by atoms with Gasteiger partial charge < -0.3 is 14.5 Å². The van der Waals surface area contributed by atoms with Gasteiger partial charge in [-0.2, -0.15) is 0 Å². The lowest BCUT2D eigenvalue weighted by atomic mass is 9.99. The molecule has 1 N–H and O–H groups in total.